The van der Waals surface area contributed by atoms with E-state index in [1.807, 2.05) is 44.2 Å². The SMILES string of the molecule is CCCc1nc2sc(C)c(-c3ccccc3)c2c(=O)n1CC(=O)O. The number of aromatic nitrogens is 2. The Morgan fingerprint density at radius 3 is 2.62 bits per heavy atom. The molecule has 0 fully saturated rings. The molecule has 2 heterocycles. The van der Waals surface area contributed by atoms with Crippen LogP contribution in [0.3, 0.4) is 0 Å². The highest BCUT2D eigenvalue weighted by atomic mass is 32.1. The molecule has 0 saturated carbocycles. The Labute approximate surface area is 143 Å². The Kier molecular flexibility index (Phi) is 4.49. The number of nitrogens with zero attached hydrogens (tertiary/aromatic N) is 2. The van der Waals surface area contributed by atoms with Crippen LogP contribution in [-0.4, -0.2) is 20.6 Å². The lowest BCUT2D eigenvalue weighted by molar-refractivity contribution is -0.137. The normalized spacial score (nSPS) is 11.1. The molecule has 0 aliphatic rings. The van der Waals surface area contributed by atoms with Crippen LogP contribution in [0.4, 0.5) is 0 Å². The second kappa shape index (κ2) is 6.57. The minimum Gasteiger partial charge on any atom is -0.480 e. The first-order chi connectivity index (χ1) is 11.5. The first-order valence-corrected chi connectivity index (χ1v) is 8.64. The zero-order valence-electron chi connectivity index (χ0n) is 13.6. The molecule has 0 atom stereocenters. The highest BCUT2D eigenvalue weighted by molar-refractivity contribution is 7.19. The van der Waals surface area contributed by atoms with Crippen molar-refractivity contribution < 1.29 is 9.90 Å². The molecular weight excluding hydrogens is 324 g/mol. The maximum Gasteiger partial charge on any atom is 0.323 e. The lowest BCUT2D eigenvalue weighted by atomic mass is 10.0. The first kappa shape index (κ1) is 16.4. The van der Waals surface area contributed by atoms with Gasteiger partial charge in [-0.1, -0.05) is 37.3 Å². The number of thiophene rings is 1. The molecule has 0 unspecified atom stereocenters. The van der Waals surface area contributed by atoms with Gasteiger partial charge >= 0.3 is 5.97 Å². The molecule has 3 aromatic rings. The van der Waals surface area contributed by atoms with Gasteiger partial charge in [0.1, 0.15) is 17.2 Å². The summed E-state index contributed by atoms with van der Waals surface area (Å²) in [6, 6.07) is 9.68. The third-order valence-corrected chi connectivity index (χ3v) is 4.90. The van der Waals surface area contributed by atoms with E-state index in [0.29, 0.717) is 22.5 Å². The van der Waals surface area contributed by atoms with Crippen LogP contribution in [0, 0.1) is 6.92 Å². The molecule has 0 spiro atoms. The number of hydrogen-bond acceptors (Lipinski definition) is 4. The highest BCUT2D eigenvalue weighted by Gasteiger charge is 2.20. The summed E-state index contributed by atoms with van der Waals surface area (Å²) in [4.78, 5) is 30.5. The highest BCUT2D eigenvalue weighted by Crippen LogP contribution is 2.35. The second-order valence-corrected chi connectivity index (χ2v) is 6.85. The number of hydrogen-bond donors (Lipinski definition) is 1. The van der Waals surface area contributed by atoms with Gasteiger partial charge in [0.15, 0.2) is 0 Å². The molecule has 5 nitrogen and oxygen atoms in total. The van der Waals surface area contributed by atoms with Crippen molar-refractivity contribution >= 4 is 27.5 Å². The lowest BCUT2D eigenvalue weighted by Crippen LogP contribution is -2.28. The number of benzene rings is 1. The van der Waals surface area contributed by atoms with Crippen molar-refractivity contribution in [2.75, 3.05) is 0 Å². The molecule has 6 heteroatoms. The average molecular weight is 342 g/mol. The van der Waals surface area contributed by atoms with Gasteiger partial charge in [0.2, 0.25) is 0 Å². The van der Waals surface area contributed by atoms with E-state index >= 15 is 0 Å². The van der Waals surface area contributed by atoms with Crippen LogP contribution in [-0.2, 0) is 17.8 Å². The summed E-state index contributed by atoms with van der Waals surface area (Å²) in [5, 5.41) is 9.68. The standard InChI is InChI=1S/C18H18N2O3S/c1-3-7-13-19-17-16(18(23)20(13)10-14(21)22)15(11(2)24-17)12-8-5-4-6-9-12/h4-6,8-9H,3,7,10H2,1-2H3,(H,21,22). The summed E-state index contributed by atoms with van der Waals surface area (Å²) in [6.07, 6.45) is 1.38. The zero-order valence-corrected chi connectivity index (χ0v) is 14.4. The summed E-state index contributed by atoms with van der Waals surface area (Å²) >= 11 is 1.48. The van der Waals surface area contributed by atoms with Gasteiger partial charge in [0, 0.05) is 16.9 Å². The van der Waals surface area contributed by atoms with Gasteiger partial charge < -0.3 is 5.11 Å². The van der Waals surface area contributed by atoms with Crippen LogP contribution >= 0.6 is 11.3 Å². The van der Waals surface area contributed by atoms with E-state index in [1.165, 1.54) is 15.9 Å². The topological polar surface area (TPSA) is 72.2 Å². The monoisotopic (exact) mass is 342 g/mol. The smallest absolute Gasteiger partial charge is 0.323 e. The van der Waals surface area contributed by atoms with Crippen LogP contribution in [0.1, 0.15) is 24.0 Å². The van der Waals surface area contributed by atoms with Gasteiger partial charge in [-0.3, -0.25) is 14.2 Å². The van der Waals surface area contributed by atoms with Crippen molar-refractivity contribution in [1.29, 1.82) is 0 Å². The van der Waals surface area contributed by atoms with Crippen molar-refractivity contribution in [3.63, 3.8) is 0 Å². The summed E-state index contributed by atoms with van der Waals surface area (Å²) in [7, 11) is 0. The fourth-order valence-electron chi connectivity index (χ4n) is 2.90. The average Bonchev–Trinajstić information content (AvgIpc) is 2.88. The van der Waals surface area contributed by atoms with Crippen LogP contribution in [0.15, 0.2) is 35.1 Å². The van der Waals surface area contributed by atoms with E-state index < -0.39 is 5.97 Å². The van der Waals surface area contributed by atoms with Gasteiger partial charge in [-0.2, -0.15) is 0 Å². The molecule has 0 saturated heterocycles. The number of aryl methyl sites for hydroxylation is 2. The molecule has 3 rings (SSSR count). The predicted octanol–water partition coefficient (Wildman–Crippen LogP) is 3.47. The van der Waals surface area contributed by atoms with Crippen molar-refractivity contribution in [2.24, 2.45) is 0 Å². The van der Waals surface area contributed by atoms with Crippen molar-refractivity contribution in [3.8, 4) is 11.1 Å². The molecule has 0 bridgehead atoms. The van der Waals surface area contributed by atoms with E-state index in [-0.39, 0.29) is 12.1 Å². The maximum atomic E-state index is 13.0. The fraction of sp³-hybridized carbons (Fsp3) is 0.278. The Hall–Kier alpha value is -2.47. The quantitative estimate of drug-likeness (QED) is 0.770. The minimum atomic E-state index is -1.04. The third-order valence-electron chi connectivity index (χ3n) is 3.90. The van der Waals surface area contributed by atoms with Gasteiger partial charge in [-0.05, 0) is 18.9 Å². The molecule has 0 aliphatic heterocycles. The summed E-state index contributed by atoms with van der Waals surface area (Å²) in [5.74, 6) is -0.498. The third kappa shape index (κ3) is 2.85. The summed E-state index contributed by atoms with van der Waals surface area (Å²) in [5.41, 5.74) is 1.54. The van der Waals surface area contributed by atoms with Crippen molar-refractivity contribution in [3.05, 3.63) is 51.4 Å². The van der Waals surface area contributed by atoms with Crippen LogP contribution in [0.25, 0.3) is 21.3 Å². The molecule has 0 amide bonds. The van der Waals surface area contributed by atoms with Crippen molar-refractivity contribution in [2.45, 2.75) is 33.2 Å². The molecule has 1 N–H and O–H groups in total. The number of carboxylic acid groups (broad SMARTS) is 1. The number of carbonyl (C=O) groups is 1. The number of aliphatic carboxylic acids is 1. The van der Waals surface area contributed by atoms with E-state index in [9.17, 15) is 9.59 Å². The Morgan fingerprint density at radius 1 is 1.29 bits per heavy atom. The summed E-state index contributed by atoms with van der Waals surface area (Å²) in [6.45, 7) is 3.59. The minimum absolute atomic E-state index is 0.269. The van der Waals surface area contributed by atoms with Crippen LogP contribution < -0.4 is 5.56 Å². The molecule has 24 heavy (non-hydrogen) atoms. The Balaban J connectivity index is 2.35. The van der Waals surface area contributed by atoms with E-state index in [2.05, 4.69) is 4.98 Å². The lowest BCUT2D eigenvalue weighted by Gasteiger charge is -2.10. The molecule has 124 valence electrons. The number of fused-ring (bicyclic) bond motifs is 1. The predicted molar refractivity (Wildman–Crippen MR) is 95.7 cm³/mol. The second-order valence-electron chi connectivity index (χ2n) is 5.64. The number of rotatable bonds is 5. The zero-order chi connectivity index (χ0) is 17.3. The van der Waals surface area contributed by atoms with Gasteiger partial charge in [0.05, 0.1) is 5.39 Å². The van der Waals surface area contributed by atoms with Crippen LogP contribution in [0.5, 0.6) is 0 Å². The van der Waals surface area contributed by atoms with Crippen LogP contribution in [0.2, 0.25) is 0 Å². The van der Waals surface area contributed by atoms with E-state index in [0.717, 1.165) is 22.4 Å². The first-order valence-electron chi connectivity index (χ1n) is 7.83. The molecule has 1 aromatic carbocycles. The molecular formula is C18H18N2O3S. The molecule has 2 aromatic heterocycles. The van der Waals surface area contributed by atoms with Gasteiger partial charge in [-0.15, -0.1) is 11.3 Å². The molecule has 0 aliphatic carbocycles. The summed E-state index contributed by atoms with van der Waals surface area (Å²) < 4.78 is 1.30. The maximum absolute atomic E-state index is 13.0. The van der Waals surface area contributed by atoms with Gasteiger partial charge in [-0.25, -0.2) is 4.98 Å². The van der Waals surface area contributed by atoms with E-state index in [1.54, 1.807) is 0 Å². The van der Waals surface area contributed by atoms with Gasteiger partial charge in [0.25, 0.3) is 5.56 Å². The Bertz CT molecular complexity index is 958. The fourth-order valence-corrected chi connectivity index (χ4v) is 3.96. The van der Waals surface area contributed by atoms with Crippen molar-refractivity contribution in [1.82, 2.24) is 9.55 Å². The molecule has 0 radical (unpaired) electrons. The Morgan fingerprint density at radius 2 is 2.00 bits per heavy atom. The number of carboxylic acids is 1. The largest absolute Gasteiger partial charge is 0.480 e. The van der Waals surface area contributed by atoms with E-state index in [4.69, 9.17) is 5.11 Å².